The van der Waals surface area contributed by atoms with Crippen LogP contribution >= 0.6 is 24.0 Å². The van der Waals surface area contributed by atoms with Crippen LogP contribution in [0, 0.1) is 0 Å². The van der Waals surface area contributed by atoms with Gasteiger partial charge in [0.2, 0.25) is 0 Å². The monoisotopic (exact) mass is 393 g/mol. The van der Waals surface area contributed by atoms with Crippen molar-refractivity contribution in [2.45, 2.75) is 12.8 Å². The maximum Gasteiger partial charge on any atom is 0.256 e. The van der Waals surface area contributed by atoms with E-state index in [1.54, 1.807) is 32.3 Å². The first kappa shape index (κ1) is 20.1. The lowest BCUT2D eigenvalue weighted by Crippen LogP contribution is -2.22. The molecule has 5 nitrogen and oxygen atoms in total. The van der Waals surface area contributed by atoms with E-state index in [0.717, 1.165) is 30.6 Å². The van der Waals surface area contributed by atoms with E-state index in [9.17, 15) is 9.59 Å². The Balaban J connectivity index is 0.00000243. The topological polar surface area (TPSA) is 61.4 Å². The molecule has 3 rings (SSSR count). The average Bonchev–Trinajstić information content (AvgIpc) is 2.62. The molecule has 7 heteroatoms. The summed E-state index contributed by atoms with van der Waals surface area (Å²) >= 11 is 6.12. The van der Waals surface area contributed by atoms with Crippen LogP contribution in [0.25, 0.3) is 0 Å². The molecule has 0 bridgehead atoms. The van der Waals surface area contributed by atoms with Crippen LogP contribution < -0.4 is 10.6 Å². The Morgan fingerprint density at radius 3 is 2.65 bits per heavy atom. The minimum atomic E-state index is -0.206. The largest absolute Gasteiger partial charge is 0.385 e. The molecule has 0 aromatic heterocycles. The van der Waals surface area contributed by atoms with Crippen LogP contribution in [0.1, 0.15) is 32.7 Å². The van der Waals surface area contributed by atoms with Crippen molar-refractivity contribution in [2.75, 3.05) is 31.3 Å². The molecule has 0 atom stereocenters. The van der Waals surface area contributed by atoms with E-state index in [2.05, 4.69) is 10.6 Å². The number of rotatable bonds is 3. The van der Waals surface area contributed by atoms with Gasteiger partial charge in [-0.05, 0) is 48.7 Å². The summed E-state index contributed by atoms with van der Waals surface area (Å²) in [6, 6.07) is 10.6. The fourth-order valence-electron chi connectivity index (χ4n) is 2.93. The molecule has 26 heavy (non-hydrogen) atoms. The first-order valence-corrected chi connectivity index (χ1v) is 8.53. The molecule has 2 N–H and O–H groups in total. The Hall–Kier alpha value is -2.24. The van der Waals surface area contributed by atoms with Crippen LogP contribution in [0.4, 0.5) is 11.4 Å². The van der Waals surface area contributed by atoms with Gasteiger partial charge in [0.05, 0.1) is 10.6 Å². The van der Waals surface area contributed by atoms with Crippen LogP contribution in [0.5, 0.6) is 0 Å². The quantitative estimate of drug-likeness (QED) is 0.825. The third-order valence-electron chi connectivity index (χ3n) is 4.20. The van der Waals surface area contributed by atoms with E-state index < -0.39 is 0 Å². The molecule has 0 spiro atoms. The summed E-state index contributed by atoms with van der Waals surface area (Å²) in [5.74, 6) is -0.395. The zero-order valence-electron chi connectivity index (χ0n) is 14.6. The second-order valence-corrected chi connectivity index (χ2v) is 6.62. The van der Waals surface area contributed by atoms with Crippen LogP contribution in [0.3, 0.4) is 0 Å². The van der Waals surface area contributed by atoms with E-state index in [4.69, 9.17) is 11.6 Å². The van der Waals surface area contributed by atoms with Gasteiger partial charge in [-0.25, -0.2) is 0 Å². The van der Waals surface area contributed by atoms with Gasteiger partial charge in [0, 0.05) is 37.6 Å². The Labute approximate surface area is 164 Å². The van der Waals surface area contributed by atoms with Crippen molar-refractivity contribution in [3.63, 3.8) is 0 Å². The van der Waals surface area contributed by atoms with Crippen LogP contribution in [0.15, 0.2) is 36.4 Å². The molecule has 2 aromatic carbocycles. The second kappa shape index (κ2) is 8.43. The standard InChI is InChI=1S/C19H20ClN3O2.ClH/c1-23(2)19(25)15-11-12(8-9-16(15)20)22-18(24)14-5-3-7-17-13(14)6-4-10-21-17;/h3,5,7-9,11,21H,4,6,10H2,1-2H3,(H,22,24);1H. The fraction of sp³-hybridized carbons (Fsp3) is 0.263. The number of fused-ring (bicyclic) bond motifs is 1. The van der Waals surface area contributed by atoms with Gasteiger partial charge in [0.1, 0.15) is 0 Å². The second-order valence-electron chi connectivity index (χ2n) is 6.21. The lowest BCUT2D eigenvalue weighted by molar-refractivity contribution is 0.0827. The van der Waals surface area contributed by atoms with Gasteiger partial charge in [-0.3, -0.25) is 9.59 Å². The number of nitrogens with one attached hydrogen (secondary N) is 2. The molecule has 0 radical (unpaired) electrons. The van der Waals surface area contributed by atoms with Crippen LogP contribution in [-0.2, 0) is 6.42 Å². The minimum absolute atomic E-state index is 0. The van der Waals surface area contributed by atoms with E-state index in [1.165, 1.54) is 4.90 Å². The Morgan fingerprint density at radius 2 is 1.92 bits per heavy atom. The zero-order valence-corrected chi connectivity index (χ0v) is 16.2. The van der Waals surface area contributed by atoms with Gasteiger partial charge in [-0.15, -0.1) is 12.4 Å². The summed E-state index contributed by atoms with van der Waals surface area (Å²) in [7, 11) is 3.32. The first-order chi connectivity index (χ1) is 12.0. The van der Waals surface area contributed by atoms with Gasteiger partial charge < -0.3 is 15.5 Å². The molecule has 0 aliphatic carbocycles. The molecule has 138 valence electrons. The Bertz CT molecular complexity index is 838. The number of halogens is 2. The van der Waals surface area contributed by atoms with Crippen molar-refractivity contribution >= 4 is 47.2 Å². The highest BCUT2D eigenvalue weighted by molar-refractivity contribution is 6.34. The lowest BCUT2D eigenvalue weighted by atomic mass is 9.97. The molecule has 1 aliphatic heterocycles. The molecular formula is C19H21Cl2N3O2. The number of carbonyl (C=O) groups is 2. The highest BCUT2D eigenvalue weighted by Gasteiger charge is 2.18. The number of anilines is 2. The van der Waals surface area contributed by atoms with Gasteiger partial charge in [-0.2, -0.15) is 0 Å². The van der Waals surface area contributed by atoms with Crippen molar-refractivity contribution in [1.82, 2.24) is 4.90 Å². The first-order valence-electron chi connectivity index (χ1n) is 8.15. The number of hydrogen-bond donors (Lipinski definition) is 2. The van der Waals surface area contributed by atoms with Crippen molar-refractivity contribution in [3.05, 3.63) is 58.1 Å². The van der Waals surface area contributed by atoms with Gasteiger partial charge >= 0.3 is 0 Å². The fourth-order valence-corrected chi connectivity index (χ4v) is 3.13. The van der Waals surface area contributed by atoms with Gasteiger partial charge in [0.15, 0.2) is 0 Å². The summed E-state index contributed by atoms with van der Waals surface area (Å²) in [5.41, 5.74) is 3.60. The molecular weight excluding hydrogens is 373 g/mol. The number of hydrogen-bond acceptors (Lipinski definition) is 3. The summed E-state index contributed by atoms with van der Waals surface area (Å²) in [4.78, 5) is 26.4. The highest BCUT2D eigenvalue weighted by atomic mass is 35.5. The van der Waals surface area contributed by atoms with Crippen LogP contribution in [-0.4, -0.2) is 37.4 Å². The highest BCUT2D eigenvalue weighted by Crippen LogP contribution is 2.27. The predicted octanol–water partition coefficient (Wildman–Crippen LogP) is 4.07. The third kappa shape index (κ3) is 4.11. The third-order valence-corrected chi connectivity index (χ3v) is 4.53. The maximum absolute atomic E-state index is 12.7. The average molecular weight is 394 g/mol. The minimum Gasteiger partial charge on any atom is -0.385 e. The Morgan fingerprint density at radius 1 is 1.15 bits per heavy atom. The number of nitrogens with zero attached hydrogens (tertiary/aromatic N) is 1. The van der Waals surface area contributed by atoms with Crippen molar-refractivity contribution < 1.29 is 9.59 Å². The summed E-state index contributed by atoms with van der Waals surface area (Å²) < 4.78 is 0. The summed E-state index contributed by atoms with van der Waals surface area (Å²) in [6.07, 6.45) is 1.87. The number of benzene rings is 2. The molecule has 2 aromatic rings. The molecule has 2 amide bonds. The zero-order chi connectivity index (χ0) is 18.0. The maximum atomic E-state index is 12.7. The predicted molar refractivity (Wildman–Crippen MR) is 108 cm³/mol. The van der Waals surface area contributed by atoms with E-state index >= 15 is 0 Å². The number of carbonyl (C=O) groups excluding carboxylic acids is 2. The molecule has 0 saturated heterocycles. The lowest BCUT2D eigenvalue weighted by Gasteiger charge is -2.20. The van der Waals surface area contributed by atoms with Gasteiger partial charge in [-0.1, -0.05) is 17.7 Å². The number of amides is 2. The Kier molecular flexibility index (Phi) is 6.51. The van der Waals surface area contributed by atoms with E-state index in [1.807, 2.05) is 18.2 Å². The summed E-state index contributed by atoms with van der Waals surface area (Å²) in [6.45, 7) is 0.922. The van der Waals surface area contributed by atoms with Crippen molar-refractivity contribution in [2.24, 2.45) is 0 Å². The molecule has 1 heterocycles. The molecule has 0 unspecified atom stereocenters. The van der Waals surface area contributed by atoms with Crippen molar-refractivity contribution in [3.8, 4) is 0 Å². The van der Waals surface area contributed by atoms with Gasteiger partial charge in [0.25, 0.3) is 11.8 Å². The molecule has 1 aliphatic rings. The van der Waals surface area contributed by atoms with E-state index in [0.29, 0.717) is 21.8 Å². The summed E-state index contributed by atoms with van der Waals surface area (Å²) in [5, 5.41) is 6.55. The smallest absolute Gasteiger partial charge is 0.256 e. The van der Waals surface area contributed by atoms with E-state index in [-0.39, 0.29) is 24.2 Å². The SMILES string of the molecule is CN(C)C(=O)c1cc(NC(=O)c2cccc3c2CCCN3)ccc1Cl.Cl. The van der Waals surface area contributed by atoms with Crippen LogP contribution in [0.2, 0.25) is 5.02 Å². The van der Waals surface area contributed by atoms with Crippen molar-refractivity contribution in [1.29, 1.82) is 0 Å². The normalized spacial score (nSPS) is 12.3. The molecule has 0 fully saturated rings. The molecule has 0 saturated carbocycles.